The molecule has 0 aliphatic rings. The van der Waals surface area contributed by atoms with Gasteiger partial charge < -0.3 is 34.2 Å². The SMILES string of the molecule is CC/C=C\C/C=C\C/C=C\C/C=C\C/C=C\C/C=C\CCCCCCCCCCCCCCC(=O)OCC(O)COP(=O)(O)OCC(O)COP(=O)(O)OCC(COC(=O)CCCCCCCCCCCC/C=C\C/C=C\C/C=C\C/C=C\C/C=C\C/C=C\CC)OC(=O)CCCCCCCCCCC/C=C\C/C=C\C/C=C\C/C=C\CCCCC. The smallest absolute Gasteiger partial charge is 0.463 e. The Labute approximate surface area is 737 Å². The fraction of sp³-hybridized carbons (Fsp3) is 0.660. The van der Waals surface area contributed by atoms with E-state index in [0.717, 1.165) is 186 Å². The number of hydrogen-bond acceptors (Lipinski definition) is 14. The van der Waals surface area contributed by atoms with E-state index in [1.807, 2.05) is 0 Å². The first-order valence-corrected chi connectivity index (χ1v) is 50.7. The van der Waals surface area contributed by atoms with E-state index < -0.39 is 91.5 Å². The fourth-order valence-corrected chi connectivity index (χ4v) is 14.2. The average molecular weight is 1730 g/mol. The van der Waals surface area contributed by atoms with E-state index in [1.165, 1.54) is 135 Å². The summed E-state index contributed by atoms with van der Waals surface area (Å²) in [4.78, 5) is 59.1. The quantitative estimate of drug-likeness (QED) is 0.0146. The van der Waals surface area contributed by atoms with Crippen LogP contribution >= 0.6 is 15.6 Å². The Morgan fingerprint density at radius 2 is 0.438 bits per heavy atom. The van der Waals surface area contributed by atoms with E-state index in [9.17, 15) is 43.5 Å². The number of carbonyl (C=O) groups excluding carboxylic acids is 3. The first-order chi connectivity index (χ1) is 59.2. The van der Waals surface area contributed by atoms with Gasteiger partial charge in [0.25, 0.3) is 0 Å². The maximum atomic E-state index is 13.1. The number of phosphoric ester groups is 2. The molecule has 121 heavy (non-hydrogen) atoms. The van der Waals surface area contributed by atoms with Crippen molar-refractivity contribution in [2.45, 2.75) is 399 Å². The molecular formula is C103H172O16P2. The molecule has 5 atom stereocenters. The molecule has 0 aromatic carbocycles. The number of hydrogen-bond donors (Lipinski definition) is 4. The van der Waals surface area contributed by atoms with Crippen molar-refractivity contribution in [1.29, 1.82) is 0 Å². The number of phosphoric acid groups is 2. The molecule has 0 bridgehead atoms. The minimum absolute atomic E-state index is 0.0908. The number of unbranched alkanes of at least 4 members (excludes halogenated alkanes) is 34. The second kappa shape index (κ2) is 93.5. The highest BCUT2D eigenvalue weighted by Crippen LogP contribution is 2.45. The lowest BCUT2D eigenvalue weighted by Gasteiger charge is -2.21. The van der Waals surface area contributed by atoms with Crippen LogP contribution in [0.2, 0.25) is 0 Å². The Kier molecular flexibility index (Phi) is 89.2. The predicted molar refractivity (Wildman–Crippen MR) is 509 cm³/mol. The van der Waals surface area contributed by atoms with Gasteiger partial charge in [-0.3, -0.25) is 32.5 Å². The summed E-state index contributed by atoms with van der Waals surface area (Å²) in [5.74, 6) is -1.59. The van der Waals surface area contributed by atoms with Gasteiger partial charge in [0.1, 0.15) is 25.4 Å². The first-order valence-electron chi connectivity index (χ1n) is 47.7. The van der Waals surface area contributed by atoms with E-state index in [-0.39, 0.29) is 19.3 Å². The monoisotopic (exact) mass is 1730 g/mol. The van der Waals surface area contributed by atoms with Crippen LogP contribution in [0.1, 0.15) is 380 Å². The third-order valence-electron chi connectivity index (χ3n) is 19.8. The number of carbonyl (C=O) groups is 3. The molecule has 0 fully saturated rings. The van der Waals surface area contributed by atoms with Gasteiger partial charge in [-0.25, -0.2) is 9.13 Å². The van der Waals surface area contributed by atoms with E-state index >= 15 is 0 Å². The molecular weight excluding hydrogens is 1560 g/mol. The highest BCUT2D eigenvalue weighted by Gasteiger charge is 2.30. The zero-order valence-electron chi connectivity index (χ0n) is 76.1. The summed E-state index contributed by atoms with van der Waals surface area (Å²) in [6, 6.07) is 0. The molecule has 0 radical (unpaired) electrons. The number of aliphatic hydroxyl groups is 2. The molecule has 18 heteroatoms. The molecule has 0 heterocycles. The minimum Gasteiger partial charge on any atom is -0.463 e. The molecule has 4 N–H and O–H groups in total. The minimum atomic E-state index is -4.95. The molecule has 0 aromatic rings. The Balaban J connectivity index is 4.66. The number of esters is 3. The van der Waals surface area contributed by atoms with E-state index in [0.29, 0.717) is 19.3 Å². The van der Waals surface area contributed by atoms with E-state index in [1.54, 1.807) is 0 Å². The third kappa shape index (κ3) is 94.9. The Hall–Kier alpha value is -5.61. The summed E-state index contributed by atoms with van der Waals surface area (Å²) in [5, 5.41) is 20.8. The molecule has 0 saturated carbocycles. The molecule has 0 saturated heterocycles. The van der Waals surface area contributed by atoms with Crippen LogP contribution < -0.4 is 0 Å². The molecule has 16 nitrogen and oxygen atoms in total. The van der Waals surface area contributed by atoms with Crippen molar-refractivity contribution in [3.05, 3.63) is 194 Å². The van der Waals surface area contributed by atoms with Crippen molar-refractivity contribution in [2.24, 2.45) is 0 Å². The summed E-state index contributed by atoms with van der Waals surface area (Å²) >= 11 is 0. The van der Waals surface area contributed by atoms with Crippen molar-refractivity contribution in [3.8, 4) is 0 Å². The van der Waals surface area contributed by atoms with Gasteiger partial charge in [-0.15, -0.1) is 0 Å². The summed E-state index contributed by atoms with van der Waals surface area (Å²) in [7, 11) is -9.82. The Morgan fingerprint density at radius 3 is 0.694 bits per heavy atom. The van der Waals surface area contributed by atoms with E-state index in [4.69, 9.17) is 32.3 Å². The highest BCUT2D eigenvalue weighted by atomic mass is 31.2. The normalized spacial score (nSPS) is 14.6. The molecule has 0 aliphatic heterocycles. The second-order valence-electron chi connectivity index (χ2n) is 31.4. The highest BCUT2D eigenvalue weighted by molar-refractivity contribution is 7.47. The van der Waals surface area contributed by atoms with Crippen molar-refractivity contribution >= 4 is 33.6 Å². The van der Waals surface area contributed by atoms with Gasteiger partial charge in [-0.05, 0) is 167 Å². The molecule has 0 amide bonds. The molecule has 690 valence electrons. The van der Waals surface area contributed by atoms with Crippen LogP contribution in [-0.2, 0) is 55.8 Å². The molecule has 0 rings (SSSR count). The third-order valence-corrected chi connectivity index (χ3v) is 21.7. The standard InChI is InChI=1S/C103H172O16P2/c1-4-7-10-13-16-19-22-25-28-31-34-37-40-43-45-47-48-50-52-54-56-59-62-65-68-71-74-77-80-83-86-89-101(106)113-92-98(104)93-115-120(109,110)116-94-99(105)95-117-121(111,112)118-97-100(119-103(108)91-88-85-82-79-76-73-70-67-64-61-58-53-42-39-36-33-30-27-24-21-18-15-12-9-6-3)96-114-102(107)90-87-84-81-78-75-72-69-66-63-60-57-55-51-49-46-44-41-38-35-32-29-26-23-20-17-14-11-8-5-2/h7-8,10-11,16-21,25-30,34-39,43-46,48,50-51,53,55,58,98-100,104-105H,4-6,9,12-15,22-24,31-33,40-42,47,49,52,54,56-57,59-97H2,1-3H3,(H,109,110)(H,111,112)/b10-7-,11-8-,19-16-,20-17-,21-18-,28-25-,29-26-,30-27-,37-34-,38-35-,39-36-,45-43-,46-44-,50-48-,55-51-,58-53-. The van der Waals surface area contributed by atoms with Gasteiger partial charge in [0.2, 0.25) is 0 Å². The maximum absolute atomic E-state index is 13.1. The predicted octanol–water partition coefficient (Wildman–Crippen LogP) is 29.8. The summed E-state index contributed by atoms with van der Waals surface area (Å²) in [5.41, 5.74) is 0. The maximum Gasteiger partial charge on any atom is 0.472 e. The van der Waals surface area contributed by atoms with Crippen molar-refractivity contribution < 1.29 is 75.8 Å². The number of rotatable bonds is 89. The lowest BCUT2D eigenvalue weighted by atomic mass is 10.0. The topological polar surface area (TPSA) is 231 Å². The van der Waals surface area contributed by atoms with Gasteiger partial charge in [-0.2, -0.15) is 0 Å². The zero-order valence-corrected chi connectivity index (χ0v) is 77.9. The number of ether oxygens (including phenoxy) is 3. The van der Waals surface area contributed by atoms with Gasteiger partial charge in [-0.1, -0.05) is 389 Å². The fourth-order valence-electron chi connectivity index (χ4n) is 12.6. The van der Waals surface area contributed by atoms with Crippen LogP contribution in [-0.4, -0.2) is 95.9 Å². The Morgan fingerprint density at radius 1 is 0.240 bits per heavy atom. The largest absolute Gasteiger partial charge is 0.472 e. The Bertz CT molecular complexity index is 2980. The zero-order chi connectivity index (χ0) is 87.9. The van der Waals surface area contributed by atoms with Gasteiger partial charge in [0, 0.05) is 19.3 Å². The van der Waals surface area contributed by atoms with Gasteiger partial charge in [0.05, 0.1) is 26.4 Å². The number of allylic oxidation sites excluding steroid dienone is 32. The summed E-state index contributed by atoms with van der Waals surface area (Å²) in [6.07, 6.45) is 125. The molecule has 0 aromatic heterocycles. The van der Waals surface area contributed by atoms with Crippen LogP contribution in [0.25, 0.3) is 0 Å². The first kappa shape index (κ1) is 115. The summed E-state index contributed by atoms with van der Waals surface area (Å²) in [6.45, 7) is 2.45. The van der Waals surface area contributed by atoms with Crippen LogP contribution in [0.5, 0.6) is 0 Å². The van der Waals surface area contributed by atoms with Crippen LogP contribution in [0.15, 0.2) is 194 Å². The van der Waals surface area contributed by atoms with Crippen molar-refractivity contribution in [2.75, 3.05) is 39.6 Å². The van der Waals surface area contributed by atoms with Crippen molar-refractivity contribution in [3.63, 3.8) is 0 Å². The second-order valence-corrected chi connectivity index (χ2v) is 34.3. The lowest BCUT2D eigenvalue weighted by Crippen LogP contribution is -2.30. The molecule has 5 unspecified atom stereocenters. The van der Waals surface area contributed by atoms with Crippen LogP contribution in [0.3, 0.4) is 0 Å². The average Bonchev–Trinajstić information content (AvgIpc) is 0.894. The van der Waals surface area contributed by atoms with Crippen LogP contribution in [0.4, 0.5) is 0 Å². The van der Waals surface area contributed by atoms with Crippen LogP contribution in [0, 0.1) is 0 Å². The number of aliphatic hydroxyl groups excluding tert-OH is 2. The lowest BCUT2D eigenvalue weighted by molar-refractivity contribution is -0.161. The molecule has 0 spiro atoms. The van der Waals surface area contributed by atoms with E-state index in [2.05, 4.69) is 215 Å². The molecule has 0 aliphatic carbocycles. The van der Waals surface area contributed by atoms with Crippen molar-refractivity contribution in [1.82, 2.24) is 0 Å². The van der Waals surface area contributed by atoms with Gasteiger partial charge >= 0.3 is 33.6 Å². The summed E-state index contributed by atoms with van der Waals surface area (Å²) < 4.78 is 61.6. The van der Waals surface area contributed by atoms with Gasteiger partial charge in [0.15, 0.2) is 6.10 Å².